The number of hydrogen-bond acceptors (Lipinski definition) is 3. The van der Waals surface area contributed by atoms with E-state index in [-0.39, 0.29) is 0 Å². The first-order valence-corrected chi connectivity index (χ1v) is 10.5. The Balaban J connectivity index is 1.45. The molecule has 0 bridgehead atoms. The van der Waals surface area contributed by atoms with Crippen LogP contribution < -0.4 is 0 Å². The summed E-state index contributed by atoms with van der Waals surface area (Å²) in [6.45, 7) is 2.06. The van der Waals surface area contributed by atoms with E-state index in [1.54, 1.807) is 0 Å². The number of rotatable bonds is 2. The van der Waals surface area contributed by atoms with Crippen LogP contribution in [0.1, 0.15) is 5.56 Å². The highest BCUT2D eigenvalue weighted by Gasteiger charge is 2.12. The van der Waals surface area contributed by atoms with Crippen LogP contribution in [0.2, 0.25) is 0 Å². The second-order valence-corrected chi connectivity index (χ2v) is 8.40. The number of hydrogen-bond donors (Lipinski definition) is 0. The van der Waals surface area contributed by atoms with Gasteiger partial charge in [-0.05, 0) is 53.9 Å². The maximum atomic E-state index is 5.98. The second kappa shape index (κ2) is 6.29. The van der Waals surface area contributed by atoms with E-state index in [2.05, 4.69) is 84.7 Å². The summed E-state index contributed by atoms with van der Waals surface area (Å²) >= 11 is 1.86. The molecule has 138 valence electrons. The molecule has 0 saturated carbocycles. The quantitative estimate of drug-likeness (QED) is 0.300. The summed E-state index contributed by atoms with van der Waals surface area (Å²) in [5, 5.41) is 2.65. The molecular weight excluding hydrogens is 374 g/mol. The van der Waals surface area contributed by atoms with Crippen molar-refractivity contribution in [2.75, 3.05) is 0 Å². The van der Waals surface area contributed by atoms with Gasteiger partial charge in [0, 0.05) is 25.7 Å². The first-order valence-electron chi connectivity index (χ1n) is 9.64. The zero-order valence-corrected chi connectivity index (χ0v) is 16.7. The normalized spacial score (nSPS) is 11.6. The molecular formula is C26H17NOS. The second-order valence-electron chi connectivity index (χ2n) is 7.35. The van der Waals surface area contributed by atoms with Crippen molar-refractivity contribution in [1.82, 2.24) is 4.98 Å². The van der Waals surface area contributed by atoms with Crippen LogP contribution in [-0.4, -0.2) is 4.98 Å². The zero-order chi connectivity index (χ0) is 19.4. The average molecular weight is 391 g/mol. The minimum absolute atomic E-state index is 0.664. The Morgan fingerprint density at radius 1 is 0.759 bits per heavy atom. The predicted molar refractivity (Wildman–Crippen MR) is 123 cm³/mol. The van der Waals surface area contributed by atoms with Gasteiger partial charge in [0.2, 0.25) is 5.89 Å². The topological polar surface area (TPSA) is 26.0 Å². The molecule has 0 saturated heterocycles. The van der Waals surface area contributed by atoms with Crippen molar-refractivity contribution in [2.45, 2.75) is 6.92 Å². The monoisotopic (exact) mass is 391 g/mol. The van der Waals surface area contributed by atoms with E-state index in [0.29, 0.717) is 5.89 Å². The van der Waals surface area contributed by atoms with Gasteiger partial charge in [0.05, 0.1) is 0 Å². The third-order valence-corrected chi connectivity index (χ3v) is 6.61. The molecule has 4 aromatic carbocycles. The molecule has 0 aliphatic heterocycles. The standard InChI is InChI=1S/C26H17NOS/c1-16-9-14-22-23(15-16)28-26(27-22)18-12-10-17(11-13-18)19-6-4-7-21-20-5-2-3-8-24(20)29-25(19)21/h2-15H,1H3. The molecule has 0 aliphatic rings. The van der Waals surface area contributed by atoms with Crippen molar-refractivity contribution in [3.05, 3.63) is 90.5 Å². The van der Waals surface area contributed by atoms with Gasteiger partial charge in [0.1, 0.15) is 5.52 Å². The summed E-state index contributed by atoms with van der Waals surface area (Å²) in [5.74, 6) is 0.664. The lowest BCUT2D eigenvalue weighted by molar-refractivity contribution is 0.619. The highest BCUT2D eigenvalue weighted by atomic mass is 32.1. The van der Waals surface area contributed by atoms with E-state index in [1.807, 2.05) is 23.5 Å². The third kappa shape index (κ3) is 2.66. The van der Waals surface area contributed by atoms with Crippen LogP contribution in [0, 0.1) is 6.92 Å². The first kappa shape index (κ1) is 16.5. The first-order chi connectivity index (χ1) is 14.3. The van der Waals surface area contributed by atoms with E-state index in [9.17, 15) is 0 Å². The maximum Gasteiger partial charge on any atom is 0.227 e. The van der Waals surface area contributed by atoms with E-state index < -0.39 is 0 Å². The van der Waals surface area contributed by atoms with Crippen molar-refractivity contribution in [3.63, 3.8) is 0 Å². The minimum atomic E-state index is 0.664. The Bertz CT molecular complexity index is 1510. The molecule has 0 unspecified atom stereocenters. The van der Waals surface area contributed by atoms with E-state index in [0.717, 1.165) is 16.7 Å². The smallest absolute Gasteiger partial charge is 0.227 e. The number of fused-ring (bicyclic) bond motifs is 4. The van der Waals surface area contributed by atoms with E-state index >= 15 is 0 Å². The number of thiophene rings is 1. The van der Waals surface area contributed by atoms with Gasteiger partial charge in [-0.25, -0.2) is 4.98 Å². The third-order valence-electron chi connectivity index (χ3n) is 5.39. The maximum absolute atomic E-state index is 5.98. The SMILES string of the molecule is Cc1ccc2nc(-c3ccc(-c4cccc5c4sc4ccccc45)cc3)oc2c1. The number of aryl methyl sites for hydroxylation is 1. The fourth-order valence-electron chi connectivity index (χ4n) is 3.92. The highest BCUT2D eigenvalue weighted by molar-refractivity contribution is 7.26. The minimum Gasteiger partial charge on any atom is -0.436 e. The molecule has 0 fully saturated rings. The van der Waals surface area contributed by atoms with Crippen LogP contribution in [-0.2, 0) is 0 Å². The molecule has 0 aliphatic carbocycles. The van der Waals surface area contributed by atoms with Crippen molar-refractivity contribution in [2.24, 2.45) is 0 Å². The van der Waals surface area contributed by atoms with Gasteiger partial charge in [-0.1, -0.05) is 54.6 Å². The summed E-state index contributed by atoms with van der Waals surface area (Å²) in [6, 6.07) is 29.8. The van der Waals surface area contributed by atoms with Gasteiger partial charge >= 0.3 is 0 Å². The molecule has 2 heterocycles. The summed E-state index contributed by atoms with van der Waals surface area (Å²) < 4.78 is 8.64. The molecule has 29 heavy (non-hydrogen) atoms. The number of aromatic nitrogens is 1. The largest absolute Gasteiger partial charge is 0.436 e. The molecule has 0 amide bonds. The van der Waals surface area contributed by atoms with Gasteiger partial charge in [-0.15, -0.1) is 11.3 Å². The van der Waals surface area contributed by atoms with Crippen LogP contribution >= 0.6 is 11.3 Å². The Morgan fingerprint density at radius 2 is 1.55 bits per heavy atom. The summed E-state index contributed by atoms with van der Waals surface area (Å²) in [4.78, 5) is 4.64. The number of nitrogens with zero attached hydrogens (tertiary/aromatic N) is 1. The van der Waals surface area contributed by atoms with Gasteiger partial charge in [0.25, 0.3) is 0 Å². The van der Waals surface area contributed by atoms with Crippen molar-refractivity contribution < 1.29 is 4.42 Å². The summed E-state index contributed by atoms with van der Waals surface area (Å²) in [5.41, 5.74) is 6.36. The molecule has 0 atom stereocenters. The fraction of sp³-hybridized carbons (Fsp3) is 0.0385. The molecule has 6 aromatic rings. The number of benzene rings is 4. The van der Waals surface area contributed by atoms with Crippen molar-refractivity contribution in [3.8, 4) is 22.6 Å². The van der Waals surface area contributed by atoms with E-state index in [1.165, 1.54) is 36.9 Å². The highest BCUT2D eigenvalue weighted by Crippen LogP contribution is 2.40. The van der Waals surface area contributed by atoms with Gasteiger partial charge < -0.3 is 4.42 Å². The van der Waals surface area contributed by atoms with Crippen LogP contribution in [0.25, 0.3) is 53.9 Å². The average Bonchev–Trinajstić information content (AvgIpc) is 3.35. The lowest BCUT2D eigenvalue weighted by Gasteiger charge is -2.04. The zero-order valence-electron chi connectivity index (χ0n) is 15.8. The lowest BCUT2D eigenvalue weighted by Crippen LogP contribution is -1.81. The predicted octanol–water partition coefficient (Wildman–Crippen LogP) is 7.84. The van der Waals surface area contributed by atoms with Crippen LogP contribution in [0.3, 0.4) is 0 Å². The number of oxazole rings is 1. The molecule has 0 N–H and O–H groups in total. The summed E-state index contributed by atoms with van der Waals surface area (Å²) in [6.07, 6.45) is 0. The molecule has 0 radical (unpaired) electrons. The Morgan fingerprint density at radius 3 is 2.45 bits per heavy atom. The Labute approximate surface area is 172 Å². The molecule has 6 rings (SSSR count). The van der Waals surface area contributed by atoms with Gasteiger partial charge in [-0.3, -0.25) is 0 Å². The van der Waals surface area contributed by atoms with Crippen molar-refractivity contribution in [1.29, 1.82) is 0 Å². The Hall–Kier alpha value is -3.43. The van der Waals surface area contributed by atoms with Gasteiger partial charge in [-0.2, -0.15) is 0 Å². The molecule has 0 spiro atoms. The van der Waals surface area contributed by atoms with Crippen LogP contribution in [0.5, 0.6) is 0 Å². The molecule has 2 aromatic heterocycles. The van der Waals surface area contributed by atoms with E-state index in [4.69, 9.17) is 4.42 Å². The van der Waals surface area contributed by atoms with Gasteiger partial charge in [0.15, 0.2) is 5.58 Å². The fourth-order valence-corrected chi connectivity index (χ4v) is 5.16. The Kier molecular flexibility index (Phi) is 3.58. The molecule has 2 nitrogen and oxygen atoms in total. The van der Waals surface area contributed by atoms with Crippen molar-refractivity contribution >= 4 is 42.6 Å². The molecule has 3 heteroatoms. The summed E-state index contributed by atoms with van der Waals surface area (Å²) in [7, 11) is 0. The van der Waals surface area contributed by atoms with Crippen LogP contribution in [0.15, 0.2) is 89.3 Å². The van der Waals surface area contributed by atoms with Crippen LogP contribution in [0.4, 0.5) is 0 Å². The lowest BCUT2D eigenvalue weighted by atomic mass is 10.0.